The summed E-state index contributed by atoms with van der Waals surface area (Å²) in [7, 11) is 0. The van der Waals surface area contributed by atoms with Crippen molar-refractivity contribution in [3.63, 3.8) is 0 Å². The summed E-state index contributed by atoms with van der Waals surface area (Å²) in [5, 5.41) is 13.2. The first-order valence-corrected chi connectivity index (χ1v) is 9.61. The number of para-hydroxylation sites is 1. The number of anilines is 1. The fourth-order valence-corrected chi connectivity index (χ4v) is 4.57. The summed E-state index contributed by atoms with van der Waals surface area (Å²) in [5.41, 5.74) is 1.73. The molecular weight excluding hydrogens is 385 g/mol. The zero-order valence-electron chi connectivity index (χ0n) is 16.1. The van der Waals surface area contributed by atoms with Gasteiger partial charge in [-0.2, -0.15) is 0 Å². The lowest BCUT2D eigenvalue weighted by Crippen LogP contribution is -2.46. The number of halogens is 1. The number of hydrogen-bond acceptors (Lipinski definition) is 4. The number of benzene rings is 3. The number of rotatable bonds is 3. The average Bonchev–Trinajstić information content (AvgIpc) is 3.18. The van der Waals surface area contributed by atoms with Gasteiger partial charge in [0.05, 0.1) is 5.56 Å². The number of amides is 1. The fourth-order valence-electron chi connectivity index (χ4n) is 4.57. The molecule has 5 rings (SSSR count). The zero-order chi connectivity index (χ0) is 21.0. The molecule has 5 nitrogen and oxygen atoms in total. The van der Waals surface area contributed by atoms with Crippen molar-refractivity contribution >= 4 is 17.4 Å². The van der Waals surface area contributed by atoms with Gasteiger partial charge in [-0.25, -0.2) is 4.39 Å². The van der Waals surface area contributed by atoms with E-state index in [1.165, 1.54) is 25.1 Å². The Bertz CT molecular complexity index is 1200. The van der Waals surface area contributed by atoms with Gasteiger partial charge in [-0.15, -0.1) is 0 Å². The predicted octanol–water partition coefficient (Wildman–Crippen LogP) is 3.98. The molecule has 150 valence electrons. The standard InChI is InChI=1S/C24H18FNO4/c1-13(27)16-11-18-21(12-20(16)28)30-22(10-14-6-8-15(25)9-7-14)24(18)17-4-2-3-5-19(17)26-23(24)29/h2-9,11-12,22,28H,10H2,1H3,(H,26,29). The lowest BCUT2D eigenvalue weighted by molar-refractivity contribution is -0.121. The molecule has 0 fully saturated rings. The van der Waals surface area contributed by atoms with Gasteiger partial charge in [0.25, 0.3) is 0 Å². The molecule has 2 heterocycles. The third kappa shape index (κ3) is 2.46. The second kappa shape index (κ2) is 6.42. The molecule has 0 aliphatic carbocycles. The maximum atomic E-state index is 13.4. The minimum absolute atomic E-state index is 0.135. The van der Waals surface area contributed by atoms with Crippen LogP contribution < -0.4 is 10.1 Å². The Morgan fingerprint density at radius 2 is 1.87 bits per heavy atom. The number of hydrogen-bond donors (Lipinski definition) is 2. The van der Waals surface area contributed by atoms with Gasteiger partial charge in [-0.3, -0.25) is 9.59 Å². The molecule has 2 unspecified atom stereocenters. The van der Waals surface area contributed by atoms with Crippen LogP contribution in [0.25, 0.3) is 0 Å². The molecule has 0 radical (unpaired) electrons. The Morgan fingerprint density at radius 3 is 2.60 bits per heavy atom. The largest absolute Gasteiger partial charge is 0.507 e. The lowest BCUT2D eigenvalue weighted by atomic mass is 9.70. The van der Waals surface area contributed by atoms with Crippen LogP contribution in [0.5, 0.6) is 11.5 Å². The van der Waals surface area contributed by atoms with Crippen LogP contribution in [0.15, 0.2) is 60.7 Å². The van der Waals surface area contributed by atoms with E-state index in [1.54, 1.807) is 18.2 Å². The van der Waals surface area contributed by atoms with Crippen LogP contribution in [-0.2, 0) is 16.6 Å². The monoisotopic (exact) mass is 403 g/mol. The molecule has 2 atom stereocenters. The predicted molar refractivity (Wildman–Crippen MR) is 108 cm³/mol. The number of ketones is 1. The minimum Gasteiger partial charge on any atom is -0.507 e. The lowest BCUT2D eigenvalue weighted by Gasteiger charge is -2.29. The molecule has 0 saturated carbocycles. The van der Waals surface area contributed by atoms with Gasteiger partial charge < -0.3 is 15.2 Å². The van der Waals surface area contributed by atoms with E-state index in [0.717, 1.165) is 11.1 Å². The Balaban J connectivity index is 1.73. The first kappa shape index (κ1) is 18.4. The van der Waals surface area contributed by atoms with Crippen molar-refractivity contribution in [1.29, 1.82) is 0 Å². The van der Waals surface area contributed by atoms with Crippen LogP contribution >= 0.6 is 0 Å². The van der Waals surface area contributed by atoms with Crippen LogP contribution in [-0.4, -0.2) is 22.9 Å². The summed E-state index contributed by atoms with van der Waals surface area (Å²) in [5.74, 6) is -0.736. The van der Waals surface area contributed by atoms with Crippen molar-refractivity contribution in [3.05, 3.63) is 88.7 Å². The number of aromatic hydroxyl groups is 1. The van der Waals surface area contributed by atoms with E-state index >= 15 is 0 Å². The van der Waals surface area contributed by atoms with Crippen LogP contribution in [0, 0.1) is 5.82 Å². The fraction of sp³-hybridized carbons (Fsp3) is 0.167. The molecule has 1 amide bonds. The number of nitrogens with one attached hydrogen (secondary N) is 1. The van der Waals surface area contributed by atoms with E-state index in [2.05, 4.69) is 5.32 Å². The van der Waals surface area contributed by atoms with E-state index in [0.29, 0.717) is 23.4 Å². The Morgan fingerprint density at radius 1 is 1.13 bits per heavy atom. The summed E-state index contributed by atoms with van der Waals surface area (Å²) in [6.07, 6.45) is -0.296. The van der Waals surface area contributed by atoms with Crippen molar-refractivity contribution in [1.82, 2.24) is 0 Å². The average molecular weight is 403 g/mol. The molecule has 3 aromatic carbocycles. The van der Waals surface area contributed by atoms with Gasteiger partial charge in [-0.1, -0.05) is 30.3 Å². The smallest absolute Gasteiger partial charge is 0.243 e. The number of fused-ring (bicyclic) bond motifs is 4. The second-order valence-corrected chi connectivity index (χ2v) is 7.67. The number of carbonyl (C=O) groups is 2. The van der Waals surface area contributed by atoms with E-state index in [1.807, 2.05) is 24.3 Å². The Hall–Kier alpha value is -3.67. The van der Waals surface area contributed by atoms with Crippen LogP contribution in [0.4, 0.5) is 10.1 Å². The van der Waals surface area contributed by atoms with Gasteiger partial charge in [0, 0.05) is 23.7 Å². The summed E-state index contributed by atoms with van der Waals surface area (Å²) >= 11 is 0. The molecule has 0 bridgehead atoms. The van der Waals surface area contributed by atoms with Crippen LogP contribution in [0.2, 0.25) is 0 Å². The molecule has 6 heteroatoms. The highest BCUT2D eigenvalue weighted by Crippen LogP contribution is 2.55. The van der Waals surface area contributed by atoms with Gasteiger partial charge >= 0.3 is 0 Å². The molecule has 2 aliphatic heterocycles. The summed E-state index contributed by atoms with van der Waals surface area (Å²) in [6.45, 7) is 1.36. The highest BCUT2D eigenvalue weighted by atomic mass is 19.1. The highest BCUT2D eigenvalue weighted by molar-refractivity contribution is 6.11. The number of Topliss-reactive ketones (excluding diaryl/α,β-unsaturated/α-hetero) is 1. The van der Waals surface area contributed by atoms with Crippen LogP contribution in [0.1, 0.15) is 34.0 Å². The molecular formula is C24H18FNO4. The highest BCUT2D eigenvalue weighted by Gasteiger charge is 2.60. The van der Waals surface area contributed by atoms with Crippen molar-refractivity contribution in [2.45, 2.75) is 24.9 Å². The van der Waals surface area contributed by atoms with E-state index in [-0.39, 0.29) is 28.8 Å². The second-order valence-electron chi connectivity index (χ2n) is 7.67. The van der Waals surface area contributed by atoms with Gasteiger partial charge in [0.1, 0.15) is 28.8 Å². The zero-order valence-corrected chi connectivity index (χ0v) is 16.1. The molecule has 0 aromatic heterocycles. The minimum atomic E-state index is -1.18. The number of carbonyl (C=O) groups excluding carboxylic acids is 2. The maximum absolute atomic E-state index is 13.4. The molecule has 3 aromatic rings. The van der Waals surface area contributed by atoms with E-state index in [4.69, 9.17) is 4.74 Å². The molecule has 2 N–H and O–H groups in total. The Labute approximate surface area is 172 Å². The van der Waals surface area contributed by atoms with Gasteiger partial charge in [0.2, 0.25) is 5.91 Å². The number of phenols is 1. The number of ether oxygens (including phenoxy) is 1. The molecule has 0 saturated heterocycles. The summed E-state index contributed by atoms with van der Waals surface area (Å²) in [6, 6.07) is 16.4. The van der Waals surface area contributed by atoms with Crippen molar-refractivity contribution in [2.24, 2.45) is 0 Å². The van der Waals surface area contributed by atoms with Crippen molar-refractivity contribution in [2.75, 3.05) is 5.32 Å². The molecule has 30 heavy (non-hydrogen) atoms. The Kier molecular flexibility index (Phi) is 3.93. The van der Waals surface area contributed by atoms with Crippen LogP contribution in [0.3, 0.4) is 0 Å². The molecule has 2 aliphatic rings. The first-order chi connectivity index (χ1) is 14.4. The summed E-state index contributed by atoms with van der Waals surface area (Å²) in [4.78, 5) is 25.5. The maximum Gasteiger partial charge on any atom is 0.243 e. The topological polar surface area (TPSA) is 75.6 Å². The third-order valence-electron chi connectivity index (χ3n) is 5.95. The first-order valence-electron chi connectivity index (χ1n) is 9.61. The van der Waals surface area contributed by atoms with E-state index < -0.39 is 11.5 Å². The summed E-state index contributed by atoms with van der Waals surface area (Å²) < 4.78 is 19.6. The van der Waals surface area contributed by atoms with E-state index in [9.17, 15) is 19.1 Å². The van der Waals surface area contributed by atoms with Gasteiger partial charge in [-0.05, 0) is 42.3 Å². The SMILES string of the molecule is CC(=O)c1cc2c(cc1O)OC(Cc1ccc(F)cc1)C21C(=O)Nc2ccccc21. The van der Waals surface area contributed by atoms with Crippen molar-refractivity contribution in [3.8, 4) is 11.5 Å². The van der Waals surface area contributed by atoms with Gasteiger partial charge in [0.15, 0.2) is 5.78 Å². The normalized spacial score (nSPS) is 21.1. The molecule has 1 spiro atoms. The van der Waals surface area contributed by atoms with Crippen molar-refractivity contribution < 1.29 is 23.8 Å². The quantitative estimate of drug-likeness (QED) is 0.649. The third-order valence-corrected chi connectivity index (χ3v) is 5.95. The number of phenolic OH excluding ortho intramolecular Hbond substituents is 1.